The lowest BCUT2D eigenvalue weighted by atomic mass is 10.4. The molecule has 0 bridgehead atoms. The van der Waals surface area contributed by atoms with E-state index in [1.54, 1.807) is 13.1 Å². The van der Waals surface area contributed by atoms with Crippen LogP contribution in [0.2, 0.25) is 0 Å². The van der Waals surface area contributed by atoms with Gasteiger partial charge in [0.25, 0.3) is 0 Å². The second kappa shape index (κ2) is 5.69. The smallest absolute Gasteiger partial charge is 0.243 e. The number of thiophene rings is 1. The monoisotopic (exact) mass is 288 g/mol. The summed E-state index contributed by atoms with van der Waals surface area (Å²) in [7, 11) is -1.66. The number of rotatable bonds is 7. The van der Waals surface area contributed by atoms with Crippen molar-refractivity contribution in [3.8, 4) is 0 Å². The zero-order valence-corrected chi connectivity index (χ0v) is 12.5. The molecular weight excluding hydrogens is 268 g/mol. The summed E-state index contributed by atoms with van der Waals surface area (Å²) < 4.78 is 26.2. The average molecular weight is 288 g/mol. The summed E-state index contributed by atoms with van der Waals surface area (Å²) in [6.07, 6.45) is 3.25. The van der Waals surface area contributed by atoms with E-state index in [1.807, 2.05) is 12.3 Å². The van der Waals surface area contributed by atoms with Crippen molar-refractivity contribution in [2.45, 2.75) is 43.7 Å². The number of hydrogen-bond acceptors (Lipinski definition) is 4. The third-order valence-electron chi connectivity index (χ3n) is 3.06. The normalized spacial score (nSPS) is 16.4. The second-order valence-corrected chi connectivity index (χ2v) is 7.70. The van der Waals surface area contributed by atoms with Gasteiger partial charge in [-0.2, -0.15) is 0 Å². The van der Waals surface area contributed by atoms with Gasteiger partial charge in [-0.25, -0.2) is 12.7 Å². The minimum Gasteiger partial charge on any atom is -0.309 e. The van der Waals surface area contributed by atoms with Crippen molar-refractivity contribution < 1.29 is 8.42 Å². The van der Waals surface area contributed by atoms with Gasteiger partial charge in [-0.05, 0) is 30.7 Å². The van der Waals surface area contributed by atoms with Crippen LogP contribution in [0.15, 0.2) is 16.3 Å². The summed E-state index contributed by atoms with van der Waals surface area (Å²) in [6.45, 7) is 3.21. The van der Waals surface area contributed by atoms with Gasteiger partial charge in [0.1, 0.15) is 0 Å². The molecular formula is C12H20N2O2S2. The van der Waals surface area contributed by atoms with Crippen LogP contribution in [0, 0.1) is 0 Å². The lowest BCUT2D eigenvalue weighted by molar-refractivity contribution is 0.467. The minimum atomic E-state index is -3.31. The molecule has 0 radical (unpaired) electrons. The van der Waals surface area contributed by atoms with Gasteiger partial charge in [-0.1, -0.05) is 6.92 Å². The molecule has 0 amide bonds. The lowest BCUT2D eigenvalue weighted by Gasteiger charge is -2.16. The molecule has 1 aromatic heterocycles. The number of nitrogens with zero attached hydrogens (tertiary/aromatic N) is 1. The summed E-state index contributed by atoms with van der Waals surface area (Å²) in [4.78, 5) is 1.39. The molecule has 1 fully saturated rings. The van der Waals surface area contributed by atoms with E-state index < -0.39 is 10.0 Å². The summed E-state index contributed by atoms with van der Waals surface area (Å²) in [5, 5.41) is 5.23. The molecule has 0 aliphatic heterocycles. The van der Waals surface area contributed by atoms with Crippen LogP contribution < -0.4 is 5.32 Å². The predicted octanol–water partition coefficient (Wildman–Crippen LogP) is 2.03. The van der Waals surface area contributed by atoms with E-state index in [0.717, 1.165) is 11.3 Å². The maximum absolute atomic E-state index is 12.4. The Bertz CT molecular complexity index is 492. The Kier molecular flexibility index (Phi) is 4.42. The molecule has 102 valence electrons. The Morgan fingerprint density at radius 2 is 2.22 bits per heavy atom. The zero-order chi connectivity index (χ0) is 13.2. The fourth-order valence-electron chi connectivity index (χ4n) is 1.82. The van der Waals surface area contributed by atoms with E-state index in [2.05, 4.69) is 5.32 Å². The van der Waals surface area contributed by atoms with Crippen LogP contribution in [0.25, 0.3) is 0 Å². The molecule has 1 aliphatic carbocycles. The molecule has 1 saturated carbocycles. The van der Waals surface area contributed by atoms with E-state index in [9.17, 15) is 8.42 Å². The first-order chi connectivity index (χ1) is 8.55. The van der Waals surface area contributed by atoms with E-state index in [1.165, 1.54) is 28.5 Å². The number of nitrogens with one attached hydrogen (secondary N) is 1. The molecule has 6 heteroatoms. The molecule has 0 atom stereocenters. The van der Waals surface area contributed by atoms with Crippen LogP contribution in [0.1, 0.15) is 31.1 Å². The van der Waals surface area contributed by atoms with Crippen molar-refractivity contribution in [1.29, 1.82) is 0 Å². The van der Waals surface area contributed by atoms with Crippen LogP contribution in [0.5, 0.6) is 0 Å². The molecule has 4 nitrogen and oxygen atoms in total. The molecule has 1 aliphatic rings. The first kappa shape index (κ1) is 14.0. The first-order valence-electron chi connectivity index (χ1n) is 6.31. The Morgan fingerprint density at radius 3 is 2.83 bits per heavy atom. The van der Waals surface area contributed by atoms with Gasteiger partial charge in [0, 0.05) is 31.1 Å². The van der Waals surface area contributed by atoms with Gasteiger partial charge < -0.3 is 5.32 Å². The van der Waals surface area contributed by atoms with Crippen LogP contribution >= 0.6 is 11.3 Å². The summed E-state index contributed by atoms with van der Waals surface area (Å²) in [5.74, 6) is 0. The quantitative estimate of drug-likeness (QED) is 0.835. The molecule has 1 heterocycles. The van der Waals surface area contributed by atoms with Crippen LogP contribution in [0.3, 0.4) is 0 Å². The molecule has 0 unspecified atom stereocenters. The van der Waals surface area contributed by atoms with Crippen molar-refractivity contribution in [3.05, 3.63) is 16.3 Å². The van der Waals surface area contributed by atoms with Crippen molar-refractivity contribution >= 4 is 21.4 Å². The molecule has 0 spiro atoms. The van der Waals surface area contributed by atoms with Crippen LogP contribution in [-0.2, 0) is 16.6 Å². The Labute approximate surface area is 113 Å². The summed E-state index contributed by atoms with van der Waals surface area (Å²) >= 11 is 1.51. The third-order valence-corrected chi connectivity index (χ3v) is 6.05. The average Bonchev–Trinajstić information content (AvgIpc) is 3.03. The van der Waals surface area contributed by atoms with Crippen molar-refractivity contribution in [2.75, 3.05) is 13.6 Å². The predicted molar refractivity (Wildman–Crippen MR) is 74.3 cm³/mol. The highest BCUT2D eigenvalue weighted by molar-refractivity contribution is 7.89. The Hall–Kier alpha value is -0.430. The van der Waals surface area contributed by atoms with Crippen LogP contribution in [-0.4, -0.2) is 32.4 Å². The fourth-order valence-corrected chi connectivity index (χ4v) is 4.44. The molecule has 2 rings (SSSR count). The fraction of sp³-hybridized carbons (Fsp3) is 0.667. The third kappa shape index (κ3) is 3.12. The molecule has 0 saturated heterocycles. The highest BCUT2D eigenvalue weighted by atomic mass is 32.2. The zero-order valence-electron chi connectivity index (χ0n) is 10.8. The highest BCUT2D eigenvalue weighted by Gasteiger charge is 2.26. The number of sulfonamides is 1. The lowest BCUT2D eigenvalue weighted by Crippen LogP contribution is -2.28. The largest absolute Gasteiger partial charge is 0.309 e. The van der Waals surface area contributed by atoms with Crippen molar-refractivity contribution in [3.63, 3.8) is 0 Å². The summed E-state index contributed by atoms with van der Waals surface area (Å²) in [5.41, 5.74) is 0. The molecule has 1 aromatic rings. The first-order valence-corrected chi connectivity index (χ1v) is 8.63. The highest BCUT2D eigenvalue weighted by Crippen LogP contribution is 2.26. The van der Waals surface area contributed by atoms with Crippen molar-refractivity contribution in [2.24, 2.45) is 0 Å². The van der Waals surface area contributed by atoms with E-state index in [-0.39, 0.29) is 0 Å². The van der Waals surface area contributed by atoms with Gasteiger partial charge in [-0.3, -0.25) is 0 Å². The Morgan fingerprint density at radius 1 is 1.50 bits per heavy atom. The van der Waals surface area contributed by atoms with E-state index >= 15 is 0 Å². The van der Waals surface area contributed by atoms with Gasteiger partial charge in [0.2, 0.25) is 10.0 Å². The second-order valence-electron chi connectivity index (χ2n) is 4.69. The molecule has 0 aromatic carbocycles. The standard InChI is InChI=1S/C12H20N2O2S2/c1-3-7-14(2)18(15,16)12-6-8-17-11(12)9-13-10-4-5-10/h6,8,10,13H,3-5,7,9H2,1-2H3. The number of hydrogen-bond donors (Lipinski definition) is 1. The van der Waals surface area contributed by atoms with E-state index in [4.69, 9.17) is 0 Å². The molecule has 1 N–H and O–H groups in total. The maximum atomic E-state index is 12.4. The minimum absolute atomic E-state index is 0.469. The summed E-state index contributed by atoms with van der Waals surface area (Å²) in [6, 6.07) is 2.31. The van der Waals surface area contributed by atoms with Gasteiger partial charge >= 0.3 is 0 Å². The Balaban J connectivity index is 2.13. The van der Waals surface area contributed by atoms with Crippen LogP contribution in [0.4, 0.5) is 0 Å². The maximum Gasteiger partial charge on any atom is 0.243 e. The van der Waals surface area contributed by atoms with Gasteiger partial charge in [0.05, 0.1) is 4.90 Å². The van der Waals surface area contributed by atoms with Crippen molar-refractivity contribution in [1.82, 2.24) is 9.62 Å². The van der Waals surface area contributed by atoms with E-state index in [0.29, 0.717) is 24.0 Å². The van der Waals surface area contributed by atoms with Gasteiger partial charge in [0.15, 0.2) is 0 Å². The molecule has 18 heavy (non-hydrogen) atoms. The van der Waals surface area contributed by atoms with Gasteiger partial charge in [-0.15, -0.1) is 11.3 Å². The SMILES string of the molecule is CCCN(C)S(=O)(=O)c1ccsc1CNC1CC1. The topological polar surface area (TPSA) is 49.4 Å².